The van der Waals surface area contributed by atoms with Gasteiger partial charge in [-0.15, -0.1) is 0 Å². The average molecular weight is 492 g/mol. The molecule has 0 saturated carbocycles. The molecule has 0 radical (unpaired) electrons. The van der Waals surface area contributed by atoms with Crippen molar-refractivity contribution >= 4 is 17.7 Å². The highest BCUT2D eigenvalue weighted by Crippen LogP contribution is 2.17. The molecular weight excluding hydrogens is 462 g/mol. The van der Waals surface area contributed by atoms with E-state index in [-0.39, 0.29) is 13.2 Å². The van der Waals surface area contributed by atoms with E-state index < -0.39 is 18.0 Å². The molecule has 4 aromatic carbocycles. The fraction of sp³-hybridized carbons (Fsp3) is 0.156. The quantitative estimate of drug-likeness (QED) is 0.200. The normalized spacial score (nSPS) is 11.3. The van der Waals surface area contributed by atoms with Crippen molar-refractivity contribution in [1.82, 2.24) is 0 Å². The Morgan fingerprint density at radius 1 is 0.649 bits per heavy atom. The monoisotopic (exact) mass is 491 g/mol. The molecule has 37 heavy (non-hydrogen) atoms. The Bertz CT molecular complexity index is 1280. The molecule has 4 aromatic rings. The molecule has 0 N–H and O–H groups in total. The zero-order valence-corrected chi connectivity index (χ0v) is 20.7. The molecule has 0 bridgehead atoms. The summed E-state index contributed by atoms with van der Waals surface area (Å²) in [5.41, 5.74) is 4.79. The molecule has 0 aliphatic rings. The molecule has 0 amide bonds. The Hall–Kier alpha value is -4.51. The van der Waals surface area contributed by atoms with Gasteiger partial charge in [0.25, 0.3) is 0 Å². The lowest BCUT2D eigenvalue weighted by atomic mass is 10.0. The molecule has 1 atom stereocenters. The van der Waals surface area contributed by atoms with E-state index in [9.17, 15) is 9.59 Å². The first-order chi connectivity index (χ1) is 18.1. The van der Waals surface area contributed by atoms with Crippen molar-refractivity contribution < 1.29 is 19.1 Å². The number of hydrogen-bond donors (Lipinski definition) is 0. The number of aliphatic imine (C=N–C) groups is 1. The third-order valence-corrected chi connectivity index (χ3v) is 5.77. The molecule has 0 aliphatic heterocycles. The number of carbonyl (C=O) groups is 2. The molecule has 0 fully saturated rings. The average Bonchev–Trinajstić information content (AvgIpc) is 2.96. The molecule has 0 aliphatic carbocycles. The van der Waals surface area contributed by atoms with E-state index in [0.717, 1.165) is 28.0 Å². The summed E-state index contributed by atoms with van der Waals surface area (Å²) in [4.78, 5) is 30.3. The Labute approximate surface area is 217 Å². The second-order valence-corrected chi connectivity index (χ2v) is 8.44. The summed E-state index contributed by atoms with van der Waals surface area (Å²) in [5, 5.41) is 0. The topological polar surface area (TPSA) is 65.0 Å². The zero-order valence-electron chi connectivity index (χ0n) is 20.7. The minimum Gasteiger partial charge on any atom is -0.464 e. The van der Waals surface area contributed by atoms with Crippen LogP contribution in [-0.2, 0) is 27.3 Å². The molecule has 5 heteroatoms. The van der Waals surface area contributed by atoms with Gasteiger partial charge in [-0.3, -0.25) is 4.99 Å². The third-order valence-electron chi connectivity index (χ3n) is 5.77. The van der Waals surface area contributed by atoms with Crippen LogP contribution in [0.1, 0.15) is 39.5 Å². The number of nitrogens with zero attached hydrogens (tertiary/aromatic N) is 1. The molecule has 0 spiro atoms. The van der Waals surface area contributed by atoms with Crippen LogP contribution < -0.4 is 0 Å². The number of hydrogen-bond acceptors (Lipinski definition) is 5. The Morgan fingerprint density at radius 3 is 1.73 bits per heavy atom. The lowest BCUT2D eigenvalue weighted by Crippen LogP contribution is -2.26. The summed E-state index contributed by atoms with van der Waals surface area (Å²) in [6.07, 6.45) is 0.335. The first-order valence-electron chi connectivity index (χ1n) is 12.3. The van der Waals surface area contributed by atoms with E-state index in [1.54, 1.807) is 19.1 Å². The fourth-order valence-corrected chi connectivity index (χ4v) is 3.89. The van der Waals surface area contributed by atoms with Crippen LogP contribution in [0.25, 0.3) is 0 Å². The summed E-state index contributed by atoms with van der Waals surface area (Å²) in [5.74, 6) is -0.788. The van der Waals surface area contributed by atoms with Gasteiger partial charge < -0.3 is 9.47 Å². The van der Waals surface area contributed by atoms with Crippen molar-refractivity contribution in [2.45, 2.75) is 26.0 Å². The maximum absolute atomic E-state index is 12.9. The van der Waals surface area contributed by atoms with E-state index in [2.05, 4.69) is 0 Å². The number of benzene rings is 4. The van der Waals surface area contributed by atoms with Crippen LogP contribution in [0.4, 0.5) is 0 Å². The summed E-state index contributed by atoms with van der Waals surface area (Å²) in [6, 6.07) is 35.5. The summed E-state index contributed by atoms with van der Waals surface area (Å²) < 4.78 is 10.8. The molecule has 5 nitrogen and oxygen atoms in total. The minimum absolute atomic E-state index is 0.211. The van der Waals surface area contributed by atoms with Gasteiger partial charge in [0, 0.05) is 17.5 Å². The predicted octanol–water partition coefficient (Wildman–Crippen LogP) is 6.06. The number of rotatable bonds is 10. The van der Waals surface area contributed by atoms with Gasteiger partial charge in [0.15, 0.2) is 6.04 Å². The van der Waals surface area contributed by atoms with Crippen LogP contribution >= 0.6 is 0 Å². The number of carbonyl (C=O) groups excluding carboxylic acids is 2. The molecule has 4 rings (SSSR count). The van der Waals surface area contributed by atoms with Crippen molar-refractivity contribution in [3.05, 3.63) is 143 Å². The number of esters is 2. The maximum atomic E-state index is 12.9. The lowest BCUT2D eigenvalue weighted by Gasteiger charge is -2.15. The zero-order chi connectivity index (χ0) is 25.9. The van der Waals surface area contributed by atoms with E-state index in [4.69, 9.17) is 14.5 Å². The lowest BCUT2D eigenvalue weighted by molar-refractivity contribution is -0.144. The van der Waals surface area contributed by atoms with Gasteiger partial charge in [-0.25, -0.2) is 9.59 Å². The van der Waals surface area contributed by atoms with Gasteiger partial charge in [-0.2, -0.15) is 0 Å². The fourth-order valence-electron chi connectivity index (χ4n) is 3.89. The second kappa shape index (κ2) is 13.0. The Balaban J connectivity index is 1.55. The first-order valence-corrected chi connectivity index (χ1v) is 12.3. The van der Waals surface area contributed by atoms with Crippen molar-refractivity contribution in [1.29, 1.82) is 0 Å². The van der Waals surface area contributed by atoms with Gasteiger partial charge >= 0.3 is 11.9 Å². The van der Waals surface area contributed by atoms with Crippen LogP contribution in [0.3, 0.4) is 0 Å². The molecule has 0 heterocycles. The van der Waals surface area contributed by atoms with Crippen molar-refractivity contribution in [3.8, 4) is 0 Å². The van der Waals surface area contributed by atoms with Crippen LogP contribution in [-0.4, -0.2) is 30.3 Å². The van der Waals surface area contributed by atoms with E-state index >= 15 is 0 Å². The number of ether oxygens (including phenoxy) is 2. The van der Waals surface area contributed by atoms with E-state index in [1.807, 2.05) is 103 Å². The van der Waals surface area contributed by atoms with Crippen LogP contribution in [0.2, 0.25) is 0 Å². The highest BCUT2D eigenvalue weighted by molar-refractivity contribution is 6.13. The van der Waals surface area contributed by atoms with Gasteiger partial charge in [0.05, 0.1) is 17.9 Å². The predicted molar refractivity (Wildman–Crippen MR) is 145 cm³/mol. The van der Waals surface area contributed by atoms with E-state index in [1.165, 1.54) is 0 Å². The highest BCUT2D eigenvalue weighted by Gasteiger charge is 2.22. The molecule has 186 valence electrons. The van der Waals surface area contributed by atoms with Gasteiger partial charge in [0.1, 0.15) is 6.61 Å². The minimum atomic E-state index is -0.744. The second-order valence-electron chi connectivity index (χ2n) is 8.44. The van der Waals surface area contributed by atoms with Crippen molar-refractivity contribution in [3.63, 3.8) is 0 Å². The molecular formula is C32H29NO4. The molecule has 0 saturated heterocycles. The first kappa shape index (κ1) is 25.6. The van der Waals surface area contributed by atoms with Crippen LogP contribution in [0.5, 0.6) is 0 Å². The molecule has 0 unspecified atom stereocenters. The van der Waals surface area contributed by atoms with Gasteiger partial charge in [-0.05, 0) is 30.2 Å². The van der Waals surface area contributed by atoms with E-state index in [0.29, 0.717) is 12.0 Å². The standard InChI is InChI=1S/C32H29NO4/c1-2-36-32(35)29(33-30(26-14-8-4-9-15-26)27-16-10-5-11-17-27)22-24-18-20-28(21-19-24)31(34)37-23-25-12-6-3-7-13-25/h3-21,29H,2,22-23H2,1H3/t29-/m0/s1. The third kappa shape index (κ3) is 7.24. The smallest absolute Gasteiger partial charge is 0.338 e. The van der Waals surface area contributed by atoms with Crippen molar-refractivity contribution in [2.75, 3.05) is 6.61 Å². The highest BCUT2D eigenvalue weighted by atomic mass is 16.5. The van der Waals surface area contributed by atoms with Crippen LogP contribution in [0.15, 0.2) is 120 Å². The Kier molecular flexibility index (Phi) is 8.97. The van der Waals surface area contributed by atoms with Gasteiger partial charge in [0.2, 0.25) is 0 Å². The Morgan fingerprint density at radius 2 is 1.19 bits per heavy atom. The molecule has 0 aromatic heterocycles. The SMILES string of the molecule is CCOC(=O)[C@H](Cc1ccc(C(=O)OCc2ccccc2)cc1)N=C(c1ccccc1)c1ccccc1. The summed E-state index contributed by atoms with van der Waals surface area (Å²) in [6.45, 7) is 2.26. The largest absolute Gasteiger partial charge is 0.464 e. The van der Waals surface area contributed by atoms with Gasteiger partial charge in [-0.1, -0.05) is 103 Å². The van der Waals surface area contributed by atoms with Crippen molar-refractivity contribution in [2.24, 2.45) is 4.99 Å². The summed E-state index contributed by atoms with van der Waals surface area (Å²) in [7, 11) is 0. The summed E-state index contributed by atoms with van der Waals surface area (Å²) >= 11 is 0. The van der Waals surface area contributed by atoms with Crippen LogP contribution in [0, 0.1) is 0 Å². The maximum Gasteiger partial charge on any atom is 0.338 e.